The molecule has 1 fully saturated rings. The van der Waals surface area contributed by atoms with Crippen LogP contribution in [0.4, 0.5) is 5.69 Å². The summed E-state index contributed by atoms with van der Waals surface area (Å²) in [4.78, 5) is 2.30. The third-order valence-electron chi connectivity index (χ3n) is 2.84. The summed E-state index contributed by atoms with van der Waals surface area (Å²) in [5.74, 6) is 0. The van der Waals surface area contributed by atoms with Crippen LogP contribution < -0.4 is 4.90 Å². The van der Waals surface area contributed by atoms with Crippen LogP contribution in [-0.2, 0) is 4.74 Å². The van der Waals surface area contributed by atoms with Gasteiger partial charge in [0, 0.05) is 17.6 Å². The second-order valence-electron chi connectivity index (χ2n) is 4.44. The molecule has 1 aliphatic rings. The van der Waals surface area contributed by atoms with Crippen LogP contribution in [0, 0.1) is 11.3 Å². The van der Waals surface area contributed by atoms with Crippen LogP contribution in [0.25, 0.3) is 0 Å². The molecule has 0 saturated carbocycles. The van der Waals surface area contributed by atoms with E-state index in [4.69, 9.17) is 10.00 Å². The monoisotopic (exact) mass is 294 g/mol. The van der Waals surface area contributed by atoms with Crippen LogP contribution in [0.5, 0.6) is 0 Å². The van der Waals surface area contributed by atoms with Gasteiger partial charge in [0.25, 0.3) is 0 Å². The first-order valence-electron chi connectivity index (χ1n) is 5.70. The van der Waals surface area contributed by atoms with Crippen molar-refractivity contribution in [2.75, 3.05) is 18.0 Å². The molecule has 2 rings (SSSR count). The molecular formula is C13H15BrN2O. The summed E-state index contributed by atoms with van der Waals surface area (Å²) < 4.78 is 6.68. The van der Waals surface area contributed by atoms with E-state index < -0.39 is 0 Å². The Morgan fingerprint density at radius 1 is 1.35 bits per heavy atom. The predicted octanol–water partition coefficient (Wildman–Crippen LogP) is 2.93. The summed E-state index contributed by atoms with van der Waals surface area (Å²) in [6.07, 6.45) is 0.475. The summed E-state index contributed by atoms with van der Waals surface area (Å²) in [6, 6.07) is 7.85. The number of ether oxygens (including phenoxy) is 1. The Morgan fingerprint density at radius 2 is 2.00 bits per heavy atom. The van der Waals surface area contributed by atoms with Gasteiger partial charge in [0.2, 0.25) is 0 Å². The molecule has 1 aromatic carbocycles. The molecule has 0 aromatic heterocycles. The van der Waals surface area contributed by atoms with Crippen LogP contribution in [0.2, 0.25) is 0 Å². The molecule has 1 aliphatic heterocycles. The average Bonchev–Trinajstić information content (AvgIpc) is 2.27. The largest absolute Gasteiger partial charge is 0.372 e. The second kappa shape index (κ2) is 5.07. The molecule has 2 unspecified atom stereocenters. The maximum atomic E-state index is 8.84. The van der Waals surface area contributed by atoms with Crippen molar-refractivity contribution in [1.29, 1.82) is 5.26 Å². The lowest BCUT2D eigenvalue weighted by Gasteiger charge is -2.37. The Kier molecular flexibility index (Phi) is 3.70. The number of rotatable bonds is 1. The highest BCUT2D eigenvalue weighted by molar-refractivity contribution is 9.10. The van der Waals surface area contributed by atoms with Crippen molar-refractivity contribution in [3.05, 3.63) is 28.2 Å². The fraction of sp³-hybridized carbons (Fsp3) is 0.462. The fourth-order valence-corrected chi connectivity index (χ4v) is 2.84. The number of hydrogen-bond acceptors (Lipinski definition) is 3. The van der Waals surface area contributed by atoms with E-state index in [0.717, 1.165) is 23.2 Å². The molecule has 0 bridgehead atoms. The maximum Gasteiger partial charge on any atom is 0.0992 e. The Balaban J connectivity index is 2.25. The Hall–Kier alpha value is -1.05. The Labute approximate surface area is 110 Å². The van der Waals surface area contributed by atoms with Gasteiger partial charge in [-0.25, -0.2) is 0 Å². The van der Waals surface area contributed by atoms with E-state index in [9.17, 15) is 0 Å². The number of morpholine rings is 1. The fourth-order valence-electron chi connectivity index (χ4n) is 2.21. The third kappa shape index (κ3) is 2.80. The van der Waals surface area contributed by atoms with Gasteiger partial charge in [0.05, 0.1) is 29.5 Å². The molecule has 1 heterocycles. The van der Waals surface area contributed by atoms with Crippen LogP contribution in [0.15, 0.2) is 22.7 Å². The molecule has 0 spiro atoms. The molecule has 0 N–H and O–H groups in total. The Morgan fingerprint density at radius 3 is 2.53 bits per heavy atom. The van der Waals surface area contributed by atoms with E-state index in [-0.39, 0.29) is 12.2 Å². The average molecular weight is 295 g/mol. The van der Waals surface area contributed by atoms with Crippen molar-refractivity contribution in [2.24, 2.45) is 0 Å². The molecule has 1 aromatic rings. The summed E-state index contributed by atoms with van der Waals surface area (Å²) in [7, 11) is 0. The third-order valence-corrected chi connectivity index (χ3v) is 3.47. The molecule has 0 amide bonds. The summed E-state index contributed by atoms with van der Waals surface area (Å²) in [5.41, 5.74) is 1.81. The van der Waals surface area contributed by atoms with Crippen molar-refractivity contribution in [3.8, 4) is 6.07 Å². The SMILES string of the molecule is CC1CN(c2ccc(C#N)cc2Br)CC(C)O1. The minimum atomic E-state index is 0.237. The van der Waals surface area contributed by atoms with Gasteiger partial charge in [-0.15, -0.1) is 0 Å². The summed E-state index contributed by atoms with van der Waals surface area (Å²) in [6.45, 7) is 5.93. The van der Waals surface area contributed by atoms with E-state index >= 15 is 0 Å². The van der Waals surface area contributed by atoms with Crippen molar-refractivity contribution in [1.82, 2.24) is 0 Å². The lowest BCUT2D eigenvalue weighted by Crippen LogP contribution is -2.45. The zero-order chi connectivity index (χ0) is 12.4. The number of anilines is 1. The molecule has 17 heavy (non-hydrogen) atoms. The second-order valence-corrected chi connectivity index (χ2v) is 5.29. The van der Waals surface area contributed by atoms with Gasteiger partial charge < -0.3 is 9.64 Å². The van der Waals surface area contributed by atoms with Crippen LogP contribution in [0.1, 0.15) is 19.4 Å². The van der Waals surface area contributed by atoms with E-state index in [1.807, 2.05) is 18.2 Å². The summed E-state index contributed by atoms with van der Waals surface area (Å²) in [5, 5.41) is 8.84. The standard InChI is InChI=1S/C13H15BrN2O/c1-9-7-16(8-10(2)17-9)13-4-3-11(6-15)5-12(13)14/h3-5,9-10H,7-8H2,1-2H3. The number of nitrogens with zero attached hydrogens (tertiary/aromatic N) is 2. The van der Waals surface area contributed by atoms with Gasteiger partial charge in [-0.2, -0.15) is 5.26 Å². The Bertz CT molecular complexity index is 445. The number of benzene rings is 1. The van der Waals surface area contributed by atoms with Crippen molar-refractivity contribution in [3.63, 3.8) is 0 Å². The van der Waals surface area contributed by atoms with Gasteiger partial charge >= 0.3 is 0 Å². The number of hydrogen-bond donors (Lipinski definition) is 0. The first-order chi connectivity index (χ1) is 8.10. The molecule has 0 radical (unpaired) electrons. The smallest absolute Gasteiger partial charge is 0.0992 e. The van der Waals surface area contributed by atoms with E-state index in [1.165, 1.54) is 0 Å². The van der Waals surface area contributed by atoms with E-state index in [0.29, 0.717) is 5.56 Å². The highest BCUT2D eigenvalue weighted by Gasteiger charge is 2.23. The zero-order valence-electron chi connectivity index (χ0n) is 9.98. The molecule has 4 heteroatoms. The number of halogens is 1. The number of nitriles is 1. The van der Waals surface area contributed by atoms with Crippen LogP contribution >= 0.6 is 15.9 Å². The predicted molar refractivity (Wildman–Crippen MR) is 71.1 cm³/mol. The highest BCUT2D eigenvalue weighted by Crippen LogP contribution is 2.29. The van der Waals surface area contributed by atoms with Crippen molar-refractivity contribution >= 4 is 21.6 Å². The highest BCUT2D eigenvalue weighted by atomic mass is 79.9. The van der Waals surface area contributed by atoms with E-state index in [2.05, 4.69) is 40.7 Å². The van der Waals surface area contributed by atoms with E-state index in [1.54, 1.807) is 0 Å². The first kappa shape index (κ1) is 12.4. The molecule has 3 nitrogen and oxygen atoms in total. The first-order valence-corrected chi connectivity index (χ1v) is 6.49. The summed E-state index contributed by atoms with van der Waals surface area (Å²) >= 11 is 3.53. The van der Waals surface area contributed by atoms with Crippen molar-refractivity contribution in [2.45, 2.75) is 26.1 Å². The van der Waals surface area contributed by atoms with Gasteiger partial charge in [-0.05, 0) is 48.0 Å². The van der Waals surface area contributed by atoms with Gasteiger partial charge in [0.1, 0.15) is 0 Å². The minimum Gasteiger partial charge on any atom is -0.372 e. The molecule has 0 aliphatic carbocycles. The lowest BCUT2D eigenvalue weighted by atomic mass is 10.1. The zero-order valence-corrected chi connectivity index (χ0v) is 11.6. The van der Waals surface area contributed by atoms with Crippen LogP contribution in [-0.4, -0.2) is 25.3 Å². The van der Waals surface area contributed by atoms with Crippen LogP contribution in [0.3, 0.4) is 0 Å². The van der Waals surface area contributed by atoms with Crippen molar-refractivity contribution < 1.29 is 4.74 Å². The molecule has 1 saturated heterocycles. The molecule has 90 valence electrons. The molecular weight excluding hydrogens is 280 g/mol. The topological polar surface area (TPSA) is 36.3 Å². The quantitative estimate of drug-likeness (QED) is 0.799. The lowest BCUT2D eigenvalue weighted by molar-refractivity contribution is -0.00525. The van der Waals surface area contributed by atoms with Gasteiger partial charge in [-0.3, -0.25) is 0 Å². The normalized spacial score (nSPS) is 24.5. The molecule has 2 atom stereocenters. The van der Waals surface area contributed by atoms with Gasteiger partial charge in [0.15, 0.2) is 0 Å². The minimum absolute atomic E-state index is 0.237. The van der Waals surface area contributed by atoms with Gasteiger partial charge in [-0.1, -0.05) is 0 Å². The maximum absolute atomic E-state index is 8.84.